The Labute approximate surface area is 125 Å². The van der Waals surface area contributed by atoms with Gasteiger partial charge in [-0.15, -0.1) is 0 Å². The van der Waals surface area contributed by atoms with E-state index in [2.05, 4.69) is 20.0 Å². The van der Waals surface area contributed by atoms with Crippen LogP contribution in [0.2, 0.25) is 0 Å². The lowest BCUT2D eigenvalue weighted by Crippen LogP contribution is -2.50. The number of anilines is 1. The van der Waals surface area contributed by atoms with Crippen LogP contribution in [0.5, 0.6) is 0 Å². The summed E-state index contributed by atoms with van der Waals surface area (Å²) in [6.07, 6.45) is 7.04. The molecule has 0 saturated heterocycles. The zero-order valence-corrected chi connectivity index (χ0v) is 13.3. The van der Waals surface area contributed by atoms with Gasteiger partial charge in [-0.2, -0.15) is 0 Å². The van der Waals surface area contributed by atoms with Gasteiger partial charge in [0.05, 0.1) is 5.69 Å². The molecule has 0 radical (unpaired) electrons. The first kappa shape index (κ1) is 16.2. The SMILES string of the molecule is CN(C)C1(CNS(=O)(=O)c2cnccc2NN)CCCC1. The molecule has 1 heterocycles. The van der Waals surface area contributed by atoms with Crippen LogP contribution in [-0.4, -0.2) is 44.5 Å². The van der Waals surface area contributed by atoms with Gasteiger partial charge in [-0.25, -0.2) is 13.1 Å². The van der Waals surface area contributed by atoms with Gasteiger partial charge < -0.3 is 10.3 Å². The Kier molecular flexibility index (Phi) is 4.82. The van der Waals surface area contributed by atoms with E-state index >= 15 is 0 Å². The third kappa shape index (κ3) is 3.34. The third-order valence-corrected chi connectivity index (χ3v) is 5.73. The lowest BCUT2D eigenvalue weighted by atomic mass is 9.97. The van der Waals surface area contributed by atoms with Crippen molar-refractivity contribution in [3.63, 3.8) is 0 Å². The predicted octanol–water partition coefficient (Wildman–Crippen LogP) is 0.520. The maximum Gasteiger partial charge on any atom is 0.244 e. The predicted molar refractivity (Wildman–Crippen MR) is 82.1 cm³/mol. The molecule has 0 atom stereocenters. The first-order valence-electron chi connectivity index (χ1n) is 6.99. The summed E-state index contributed by atoms with van der Waals surface area (Å²) in [5, 5.41) is 0. The number of nitrogens with one attached hydrogen (secondary N) is 2. The van der Waals surface area contributed by atoms with Crippen LogP contribution in [0.25, 0.3) is 0 Å². The van der Waals surface area contributed by atoms with E-state index in [1.807, 2.05) is 14.1 Å². The second kappa shape index (κ2) is 6.27. The van der Waals surface area contributed by atoms with Gasteiger partial charge in [0.15, 0.2) is 0 Å². The number of hydrogen-bond acceptors (Lipinski definition) is 6. The summed E-state index contributed by atoms with van der Waals surface area (Å²) in [6.45, 7) is 0.390. The molecule has 0 bridgehead atoms. The van der Waals surface area contributed by atoms with E-state index in [1.165, 1.54) is 18.5 Å². The minimum absolute atomic E-state index is 0.0689. The monoisotopic (exact) mass is 313 g/mol. The molecule has 21 heavy (non-hydrogen) atoms. The van der Waals surface area contributed by atoms with E-state index < -0.39 is 10.0 Å². The Morgan fingerprint density at radius 3 is 2.62 bits per heavy atom. The van der Waals surface area contributed by atoms with Crippen LogP contribution in [0.15, 0.2) is 23.4 Å². The molecule has 0 aliphatic heterocycles. The summed E-state index contributed by atoms with van der Waals surface area (Å²) in [5.41, 5.74) is 2.62. The van der Waals surface area contributed by atoms with E-state index in [0.717, 1.165) is 25.7 Å². The van der Waals surface area contributed by atoms with Crippen LogP contribution < -0.4 is 16.0 Å². The summed E-state index contributed by atoms with van der Waals surface area (Å²) in [7, 11) is 0.349. The largest absolute Gasteiger partial charge is 0.323 e. The van der Waals surface area contributed by atoms with Gasteiger partial charge in [0.25, 0.3) is 0 Å². The van der Waals surface area contributed by atoms with E-state index in [1.54, 1.807) is 0 Å². The van der Waals surface area contributed by atoms with Crippen molar-refractivity contribution >= 4 is 15.7 Å². The molecule has 0 spiro atoms. The Balaban J connectivity index is 2.18. The van der Waals surface area contributed by atoms with Crippen LogP contribution in [0.3, 0.4) is 0 Å². The highest BCUT2D eigenvalue weighted by Crippen LogP contribution is 2.33. The molecule has 1 saturated carbocycles. The third-order valence-electron chi connectivity index (χ3n) is 4.30. The molecule has 0 unspecified atom stereocenters. The van der Waals surface area contributed by atoms with E-state index in [9.17, 15) is 8.42 Å². The lowest BCUT2D eigenvalue weighted by molar-refractivity contribution is 0.162. The summed E-state index contributed by atoms with van der Waals surface area (Å²) in [4.78, 5) is 6.05. The smallest absolute Gasteiger partial charge is 0.244 e. The van der Waals surface area contributed by atoms with Gasteiger partial charge in [-0.05, 0) is 33.0 Å². The minimum atomic E-state index is -3.64. The molecule has 1 aliphatic rings. The fourth-order valence-electron chi connectivity index (χ4n) is 2.84. The molecule has 1 aromatic heterocycles. The fraction of sp³-hybridized carbons (Fsp3) is 0.615. The molecule has 1 aromatic rings. The average Bonchev–Trinajstić information content (AvgIpc) is 2.95. The maximum absolute atomic E-state index is 12.5. The van der Waals surface area contributed by atoms with Gasteiger partial charge in [-0.1, -0.05) is 12.8 Å². The normalized spacial score (nSPS) is 18.1. The summed E-state index contributed by atoms with van der Waals surface area (Å²) in [6, 6.07) is 1.53. The highest BCUT2D eigenvalue weighted by atomic mass is 32.2. The van der Waals surface area contributed by atoms with Crippen molar-refractivity contribution < 1.29 is 8.42 Å². The van der Waals surface area contributed by atoms with Crippen LogP contribution in [-0.2, 0) is 10.0 Å². The lowest BCUT2D eigenvalue weighted by Gasteiger charge is -2.36. The topological polar surface area (TPSA) is 100 Å². The fourth-order valence-corrected chi connectivity index (χ4v) is 4.07. The van der Waals surface area contributed by atoms with Crippen LogP contribution in [0.4, 0.5) is 5.69 Å². The molecule has 1 aliphatic carbocycles. The van der Waals surface area contributed by atoms with Crippen molar-refractivity contribution in [2.75, 3.05) is 26.1 Å². The van der Waals surface area contributed by atoms with Crippen molar-refractivity contribution in [1.82, 2.24) is 14.6 Å². The van der Waals surface area contributed by atoms with Crippen LogP contribution >= 0.6 is 0 Å². The standard InChI is InChI=1S/C13H23N5O2S/c1-18(2)13(6-3-4-7-13)10-16-21(19,20)12-9-15-8-5-11(12)17-14/h5,8-9,16H,3-4,6-7,10,14H2,1-2H3,(H,15,17). The number of nitrogen functional groups attached to an aromatic ring is 1. The number of likely N-dealkylation sites (N-methyl/N-ethyl adjacent to an activating group) is 1. The Morgan fingerprint density at radius 2 is 2.05 bits per heavy atom. The van der Waals surface area contributed by atoms with Crippen molar-refractivity contribution in [2.24, 2.45) is 5.84 Å². The molecule has 2 rings (SSSR count). The first-order valence-corrected chi connectivity index (χ1v) is 8.47. The van der Waals surface area contributed by atoms with Crippen LogP contribution in [0.1, 0.15) is 25.7 Å². The minimum Gasteiger partial charge on any atom is -0.323 e. The Morgan fingerprint density at radius 1 is 1.38 bits per heavy atom. The first-order chi connectivity index (χ1) is 9.91. The van der Waals surface area contributed by atoms with Gasteiger partial charge >= 0.3 is 0 Å². The summed E-state index contributed by atoms with van der Waals surface area (Å²) < 4.78 is 27.6. The second-order valence-corrected chi connectivity index (χ2v) is 7.40. The molecule has 4 N–H and O–H groups in total. The number of nitrogens with zero attached hydrogens (tertiary/aromatic N) is 2. The second-order valence-electron chi connectivity index (χ2n) is 5.67. The molecule has 1 fully saturated rings. The molecule has 7 nitrogen and oxygen atoms in total. The highest BCUT2D eigenvalue weighted by molar-refractivity contribution is 7.89. The number of pyridine rings is 1. The summed E-state index contributed by atoms with van der Waals surface area (Å²) >= 11 is 0. The highest BCUT2D eigenvalue weighted by Gasteiger charge is 2.37. The van der Waals surface area contributed by atoms with Crippen molar-refractivity contribution in [1.29, 1.82) is 0 Å². The molecule has 118 valence electrons. The van der Waals surface area contributed by atoms with Gasteiger partial charge in [0, 0.05) is 24.5 Å². The zero-order valence-electron chi connectivity index (χ0n) is 12.5. The number of hydrogen-bond donors (Lipinski definition) is 3. The molecule has 0 amide bonds. The number of rotatable bonds is 6. The van der Waals surface area contributed by atoms with E-state index in [0.29, 0.717) is 12.2 Å². The van der Waals surface area contributed by atoms with E-state index in [4.69, 9.17) is 5.84 Å². The average molecular weight is 313 g/mol. The molecular formula is C13H23N5O2S. The number of aromatic nitrogens is 1. The maximum atomic E-state index is 12.5. The van der Waals surface area contributed by atoms with Gasteiger partial charge in [-0.3, -0.25) is 10.8 Å². The van der Waals surface area contributed by atoms with Crippen LogP contribution in [0, 0.1) is 0 Å². The molecule has 0 aromatic carbocycles. The number of sulfonamides is 1. The molecule has 8 heteroatoms. The number of nitrogens with two attached hydrogens (primary N) is 1. The van der Waals surface area contributed by atoms with Crippen molar-refractivity contribution in [3.05, 3.63) is 18.5 Å². The Hall–Kier alpha value is -1.22. The quantitative estimate of drug-likeness (QED) is 0.523. The molecular weight excluding hydrogens is 290 g/mol. The van der Waals surface area contributed by atoms with Gasteiger partial charge in [0.2, 0.25) is 10.0 Å². The van der Waals surface area contributed by atoms with Gasteiger partial charge in [0.1, 0.15) is 4.90 Å². The van der Waals surface area contributed by atoms with Crippen molar-refractivity contribution in [3.8, 4) is 0 Å². The number of hydrazine groups is 1. The van der Waals surface area contributed by atoms with Crippen molar-refractivity contribution in [2.45, 2.75) is 36.1 Å². The summed E-state index contributed by atoms with van der Waals surface area (Å²) in [5.74, 6) is 5.36. The zero-order chi connectivity index (χ0) is 15.5. The van der Waals surface area contributed by atoms with E-state index in [-0.39, 0.29) is 10.4 Å². The Bertz CT molecular complexity index is 582.